The van der Waals surface area contributed by atoms with Crippen molar-refractivity contribution in [3.8, 4) is 0 Å². The third-order valence-corrected chi connectivity index (χ3v) is 1.95. The minimum atomic E-state index is 0.116. The lowest BCUT2D eigenvalue weighted by Gasteiger charge is -1.95. The van der Waals surface area contributed by atoms with Gasteiger partial charge in [-0.05, 0) is 13.0 Å². The second-order valence-electron chi connectivity index (χ2n) is 3.24. The minimum Gasteiger partial charge on any atom is -0.300 e. The number of aromatic amines is 1. The number of Topliss-reactive ketones (excluding diaryl/α,β-unsaturated/α-hetero) is 1. The van der Waals surface area contributed by atoms with Crippen LogP contribution in [0.25, 0.3) is 0 Å². The van der Waals surface area contributed by atoms with E-state index in [0.29, 0.717) is 12.8 Å². The van der Waals surface area contributed by atoms with Crippen LogP contribution in [-0.2, 0) is 4.79 Å². The Morgan fingerprint density at radius 3 is 3.07 bits per heavy atom. The summed E-state index contributed by atoms with van der Waals surface area (Å²) >= 11 is 0. The summed E-state index contributed by atoms with van der Waals surface area (Å²) in [5.41, 5.74) is 2.54. The fourth-order valence-electron chi connectivity index (χ4n) is 1.35. The van der Waals surface area contributed by atoms with Gasteiger partial charge in [-0.2, -0.15) is 15.3 Å². The van der Waals surface area contributed by atoms with E-state index in [0.717, 1.165) is 17.1 Å². The summed E-state index contributed by atoms with van der Waals surface area (Å²) in [7, 11) is 0. The maximum atomic E-state index is 10.8. The van der Waals surface area contributed by atoms with Gasteiger partial charge in [0.05, 0.1) is 17.1 Å². The van der Waals surface area contributed by atoms with Gasteiger partial charge in [-0.3, -0.25) is 9.89 Å². The molecule has 0 unspecified atom stereocenters. The predicted octanol–water partition coefficient (Wildman–Crippen LogP) is 0.938. The van der Waals surface area contributed by atoms with E-state index in [1.54, 1.807) is 13.1 Å². The molecule has 72 valence electrons. The molecule has 0 amide bonds. The van der Waals surface area contributed by atoms with Gasteiger partial charge in [-0.15, -0.1) is 0 Å². The Balaban J connectivity index is 2.02. The van der Waals surface area contributed by atoms with Crippen molar-refractivity contribution in [1.82, 2.24) is 10.2 Å². The molecule has 1 aliphatic rings. The summed E-state index contributed by atoms with van der Waals surface area (Å²) < 4.78 is 0. The summed E-state index contributed by atoms with van der Waals surface area (Å²) in [6.07, 6.45) is 2.70. The molecule has 0 bridgehead atoms. The van der Waals surface area contributed by atoms with Crippen LogP contribution in [0.3, 0.4) is 0 Å². The monoisotopic (exact) mass is 190 g/mol. The van der Waals surface area contributed by atoms with Gasteiger partial charge in [-0.1, -0.05) is 0 Å². The molecule has 0 aliphatic carbocycles. The first-order valence-electron chi connectivity index (χ1n) is 4.37. The molecule has 1 N–H and O–H groups in total. The van der Waals surface area contributed by atoms with Crippen LogP contribution in [0.4, 0.5) is 0 Å². The molecule has 2 rings (SSSR count). The summed E-state index contributed by atoms with van der Waals surface area (Å²) in [5.74, 6) is 0.116. The lowest BCUT2D eigenvalue weighted by Crippen LogP contribution is -2.07. The summed E-state index contributed by atoms with van der Waals surface area (Å²) in [5, 5.41) is 14.6. The zero-order valence-corrected chi connectivity index (χ0v) is 7.82. The average Bonchev–Trinajstić information content (AvgIpc) is 2.69. The van der Waals surface area contributed by atoms with Crippen LogP contribution < -0.4 is 0 Å². The largest absolute Gasteiger partial charge is 0.300 e. The Morgan fingerprint density at radius 2 is 2.43 bits per heavy atom. The Labute approximate surface area is 80.9 Å². The number of H-pyrrole nitrogens is 1. The second kappa shape index (κ2) is 3.53. The quantitative estimate of drug-likeness (QED) is 0.770. The van der Waals surface area contributed by atoms with Crippen LogP contribution in [0.15, 0.2) is 22.5 Å². The molecule has 0 atom stereocenters. The maximum absolute atomic E-state index is 10.8. The normalized spacial score (nSPS) is 15.2. The van der Waals surface area contributed by atoms with Crippen molar-refractivity contribution < 1.29 is 4.79 Å². The highest BCUT2D eigenvalue weighted by molar-refractivity contribution is 6.17. The van der Waals surface area contributed by atoms with Gasteiger partial charge in [0, 0.05) is 19.0 Å². The fourth-order valence-corrected chi connectivity index (χ4v) is 1.35. The van der Waals surface area contributed by atoms with Crippen molar-refractivity contribution in [3.05, 3.63) is 18.0 Å². The van der Waals surface area contributed by atoms with Crippen LogP contribution in [-0.4, -0.2) is 27.4 Å². The molecular formula is C9H10N4O. The summed E-state index contributed by atoms with van der Waals surface area (Å²) in [6.45, 7) is 1.55. The molecule has 0 saturated carbocycles. The summed E-state index contributed by atoms with van der Waals surface area (Å²) in [6, 6.07) is 1.84. The maximum Gasteiger partial charge on any atom is 0.135 e. The van der Waals surface area contributed by atoms with Gasteiger partial charge in [0.2, 0.25) is 0 Å². The Kier molecular flexibility index (Phi) is 2.22. The van der Waals surface area contributed by atoms with E-state index in [2.05, 4.69) is 20.4 Å². The van der Waals surface area contributed by atoms with Gasteiger partial charge in [0.15, 0.2) is 0 Å². The van der Waals surface area contributed by atoms with E-state index in [-0.39, 0.29) is 5.78 Å². The van der Waals surface area contributed by atoms with Gasteiger partial charge >= 0.3 is 0 Å². The molecule has 5 nitrogen and oxygen atoms in total. The Bertz CT molecular complexity index is 402. The molecule has 0 aromatic carbocycles. The van der Waals surface area contributed by atoms with Crippen molar-refractivity contribution >= 4 is 17.2 Å². The number of ketones is 1. The predicted molar refractivity (Wildman–Crippen MR) is 52.5 cm³/mol. The Hall–Kier alpha value is -1.78. The second-order valence-corrected chi connectivity index (χ2v) is 3.24. The number of carbonyl (C=O) groups excluding carboxylic acids is 1. The smallest absolute Gasteiger partial charge is 0.135 e. The number of nitrogens with zero attached hydrogens (tertiary/aromatic N) is 3. The molecule has 1 aromatic heterocycles. The van der Waals surface area contributed by atoms with Crippen molar-refractivity contribution in [3.63, 3.8) is 0 Å². The molecule has 14 heavy (non-hydrogen) atoms. The van der Waals surface area contributed by atoms with Crippen LogP contribution >= 0.6 is 0 Å². The van der Waals surface area contributed by atoms with Crippen molar-refractivity contribution in [2.45, 2.75) is 19.8 Å². The molecule has 5 heteroatoms. The number of carbonyl (C=O) groups is 1. The van der Waals surface area contributed by atoms with Crippen LogP contribution in [0.1, 0.15) is 25.5 Å². The first-order chi connectivity index (χ1) is 6.75. The third-order valence-electron chi connectivity index (χ3n) is 1.95. The highest BCUT2D eigenvalue weighted by Gasteiger charge is 2.16. The van der Waals surface area contributed by atoms with Gasteiger partial charge in [-0.25, -0.2) is 0 Å². The van der Waals surface area contributed by atoms with Gasteiger partial charge < -0.3 is 0 Å². The van der Waals surface area contributed by atoms with Crippen molar-refractivity contribution in [1.29, 1.82) is 0 Å². The third kappa shape index (κ3) is 1.76. The zero-order chi connectivity index (χ0) is 9.97. The van der Waals surface area contributed by atoms with Crippen molar-refractivity contribution in [2.75, 3.05) is 0 Å². The first-order valence-corrected chi connectivity index (χ1v) is 4.37. The lowest BCUT2D eigenvalue weighted by atomic mass is 10.1. The van der Waals surface area contributed by atoms with Gasteiger partial charge in [0.1, 0.15) is 5.78 Å². The van der Waals surface area contributed by atoms with Crippen LogP contribution in [0.2, 0.25) is 0 Å². The standard InChI is InChI=1S/C9H10N4O/c1-6(14)4-7-5-9(13-11-7)8-2-3-10-12-8/h2-3H,4-5H2,1H3,(H,10,12). The van der Waals surface area contributed by atoms with Crippen molar-refractivity contribution in [2.24, 2.45) is 10.2 Å². The topological polar surface area (TPSA) is 70.5 Å². The molecular weight excluding hydrogens is 180 g/mol. The molecule has 1 aromatic rings. The minimum absolute atomic E-state index is 0.116. The highest BCUT2D eigenvalue weighted by Crippen LogP contribution is 2.11. The Morgan fingerprint density at radius 1 is 1.57 bits per heavy atom. The van der Waals surface area contributed by atoms with Gasteiger partial charge in [0.25, 0.3) is 0 Å². The number of hydrogen-bond acceptors (Lipinski definition) is 4. The van der Waals surface area contributed by atoms with E-state index in [1.165, 1.54) is 0 Å². The van der Waals surface area contributed by atoms with E-state index in [9.17, 15) is 4.79 Å². The van der Waals surface area contributed by atoms with E-state index in [4.69, 9.17) is 0 Å². The fraction of sp³-hybridized carbons (Fsp3) is 0.333. The van der Waals surface area contributed by atoms with Crippen LogP contribution in [0, 0.1) is 0 Å². The zero-order valence-electron chi connectivity index (χ0n) is 7.82. The number of aromatic nitrogens is 2. The number of rotatable bonds is 3. The van der Waals surface area contributed by atoms with E-state index in [1.807, 2.05) is 6.07 Å². The molecule has 0 radical (unpaired) electrons. The lowest BCUT2D eigenvalue weighted by molar-refractivity contribution is -0.115. The molecule has 0 fully saturated rings. The van der Waals surface area contributed by atoms with E-state index < -0.39 is 0 Å². The highest BCUT2D eigenvalue weighted by atomic mass is 16.1. The average molecular weight is 190 g/mol. The molecule has 0 saturated heterocycles. The number of hydrogen-bond donors (Lipinski definition) is 1. The molecule has 2 heterocycles. The SMILES string of the molecule is CC(=O)CC1=NN=C(c2ccn[nH]2)C1. The first kappa shape index (κ1) is 8.80. The summed E-state index contributed by atoms with van der Waals surface area (Å²) in [4.78, 5) is 10.8. The molecule has 0 spiro atoms. The number of nitrogens with one attached hydrogen (secondary N) is 1. The van der Waals surface area contributed by atoms with E-state index >= 15 is 0 Å². The van der Waals surface area contributed by atoms with Crippen LogP contribution in [0.5, 0.6) is 0 Å². The molecule has 1 aliphatic heterocycles.